The van der Waals surface area contributed by atoms with Crippen LogP contribution in [0.3, 0.4) is 0 Å². The van der Waals surface area contributed by atoms with E-state index in [1.54, 1.807) is 14.1 Å². The molecular formula is C28H33F3N4O2. The van der Waals surface area contributed by atoms with Gasteiger partial charge in [-0.05, 0) is 25.0 Å². The van der Waals surface area contributed by atoms with Crippen molar-refractivity contribution >= 4 is 16.8 Å². The summed E-state index contributed by atoms with van der Waals surface area (Å²) in [5, 5.41) is 1.02. The van der Waals surface area contributed by atoms with Crippen molar-refractivity contribution in [1.82, 2.24) is 19.7 Å². The number of alkyl halides is 1. The van der Waals surface area contributed by atoms with E-state index < -0.39 is 17.7 Å². The SMILES string of the molecule is C[C@@H]1Cc2c([nH]c3ccccc23)[C@@H](c2c(F)cc(OCCN3CC(CF)C3)cc2F)N1CC(=O)N(C)C. The fourth-order valence-corrected chi connectivity index (χ4v) is 5.52. The summed E-state index contributed by atoms with van der Waals surface area (Å²) < 4.78 is 49.7. The highest BCUT2D eigenvalue weighted by Gasteiger charge is 2.40. The third-order valence-electron chi connectivity index (χ3n) is 7.59. The van der Waals surface area contributed by atoms with Crippen molar-refractivity contribution in [1.29, 1.82) is 0 Å². The highest BCUT2D eigenvalue weighted by molar-refractivity contribution is 5.85. The zero-order valence-electron chi connectivity index (χ0n) is 21.4. The molecule has 5 rings (SSSR count). The molecule has 0 spiro atoms. The van der Waals surface area contributed by atoms with E-state index in [9.17, 15) is 9.18 Å². The van der Waals surface area contributed by atoms with E-state index in [0.29, 0.717) is 31.7 Å². The van der Waals surface area contributed by atoms with Crippen LogP contribution in [0.15, 0.2) is 36.4 Å². The Morgan fingerprint density at radius 3 is 2.54 bits per heavy atom. The Balaban J connectivity index is 1.47. The number of ether oxygens (including phenoxy) is 1. The number of hydrogen-bond acceptors (Lipinski definition) is 4. The van der Waals surface area contributed by atoms with Crippen molar-refractivity contribution in [2.45, 2.75) is 25.4 Å². The highest BCUT2D eigenvalue weighted by atomic mass is 19.1. The summed E-state index contributed by atoms with van der Waals surface area (Å²) in [4.78, 5) is 21.5. The fourth-order valence-electron chi connectivity index (χ4n) is 5.52. The van der Waals surface area contributed by atoms with E-state index >= 15 is 8.78 Å². The molecule has 2 aliphatic heterocycles. The second-order valence-corrected chi connectivity index (χ2v) is 10.4. The van der Waals surface area contributed by atoms with Gasteiger partial charge in [-0.1, -0.05) is 18.2 Å². The van der Waals surface area contributed by atoms with E-state index in [0.717, 1.165) is 16.5 Å². The molecule has 2 atom stereocenters. The number of carbonyl (C=O) groups excluding carboxylic acids is 1. The van der Waals surface area contributed by atoms with Gasteiger partial charge in [-0.3, -0.25) is 19.0 Å². The second kappa shape index (κ2) is 10.4. The van der Waals surface area contributed by atoms with Gasteiger partial charge >= 0.3 is 0 Å². The molecule has 0 saturated carbocycles. The van der Waals surface area contributed by atoms with Gasteiger partial charge in [-0.25, -0.2) is 8.78 Å². The molecule has 198 valence electrons. The van der Waals surface area contributed by atoms with Crippen molar-refractivity contribution in [2.24, 2.45) is 5.92 Å². The number of aromatic nitrogens is 1. The molecule has 0 unspecified atom stereocenters. The summed E-state index contributed by atoms with van der Waals surface area (Å²) in [5.41, 5.74) is 2.51. The predicted molar refractivity (Wildman–Crippen MR) is 136 cm³/mol. The molecule has 1 saturated heterocycles. The minimum absolute atomic E-state index is 0.0283. The zero-order valence-corrected chi connectivity index (χ0v) is 21.4. The van der Waals surface area contributed by atoms with Crippen LogP contribution in [0, 0.1) is 17.6 Å². The maximum atomic E-state index is 15.7. The van der Waals surface area contributed by atoms with Crippen LogP contribution in [-0.4, -0.2) is 85.2 Å². The number of fused-ring (bicyclic) bond motifs is 3. The van der Waals surface area contributed by atoms with Gasteiger partial charge < -0.3 is 14.6 Å². The van der Waals surface area contributed by atoms with E-state index in [1.165, 1.54) is 17.0 Å². The van der Waals surface area contributed by atoms with Crippen LogP contribution < -0.4 is 4.74 Å². The highest BCUT2D eigenvalue weighted by Crippen LogP contribution is 2.43. The van der Waals surface area contributed by atoms with Crippen molar-refractivity contribution in [3.8, 4) is 5.75 Å². The monoisotopic (exact) mass is 514 g/mol. The number of benzene rings is 2. The molecule has 1 fully saturated rings. The van der Waals surface area contributed by atoms with Gasteiger partial charge in [0.15, 0.2) is 0 Å². The van der Waals surface area contributed by atoms with Crippen LogP contribution in [0.1, 0.15) is 29.8 Å². The number of nitrogens with one attached hydrogen (secondary N) is 1. The first-order valence-corrected chi connectivity index (χ1v) is 12.7. The van der Waals surface area contributed by atoms with Crippen LogP contribution in [-0.2, 0) is 11.2 Å². The fraction of sp³-hybridized carbons (Fsp3) is 0.464. The van der Waals surface area contributed by atoms with Crippen molar-refractivity contribution in [2.75, 3.05) is 53.6 Å². The van der Waals surface area contributed by atoms with Crippen LogP contribution in [0.4, 0.5) is 13.2 Å². The minimum Gasteiger partial charge on any atom is -0.492 e. The standard InChI is InChI=1S/C28H33F3N4O2/c1-17-10-21-20-6-4-5-7-24(20)32-27(21)28(35(17)16-25(36)33(2)3)26-22(30)11-19(12-23(26)31)37-9-8-34-14-18(13-29)15-34/h4-7,11-12,17-18,28,32H,8-10,13-16H2,1-3H3/t17-,28-/m1/s1. The molecule has 0 aliphatic carbocycles. The number of aromatic amines is 1. The maximum absolute atomic E-state index is 15.7. The third kappa shape index (κ3) is 4.94. The average molecular weight is 515 g/mol. The van der Waals surface area contributed by atoms with Gasteiger partial charge in [0, 0.05) is 80.0 Å². The normalized spacial score (nSPS) is 20.6. The van der Waals surface area contributed by atoms with Crippen molar-refractivity contribution in [3.63, 3.8) is 0 Å². The van der Waals surface area contributed by atoms with Gasteiger partial charge in [0.1, 0.15) is 24.0 Å². The number of carbonyl (C=O) groups is 1. The largest absolute Gasteiger partial charge is 0.492 e. The Labute approximate surface area is 215 Å². The number of H-pyrrole nitrogens is 1. The number of likely N-dealkylation sites (tertiary alicyclic amines) is 1. The van der Waals surface area contributed by atoms with Crippen molar-refractivity contribution < 1.29 is 22.7 Å². The summed E-state index contributed by atoms with van der Waals surface area (Å²) >= 11 is 0. The Morgan fingerprint density at radius 1 is 1.16 bits per heavy atom. The molecule has 0 bridgehead atoms. The lowest BCUT2D eigenvalue weighted by atomic mass is 9.88. The van der Waals surface area contributed by atoms with Crippen LogP contribution >= 0.6 is 0 Å². The lowest BCUT2D eigenvalue weighted by Gasteiger charge is -2.41. The third-order valence-corrected chi connectivity index (χ3v) is 7.59. The molecular weight excluding hydrogens is 481 g/mol. The maximum Gasteiger partial charge on any atom is 0.236 e. The molecule has 3 aromatic rings. The summed E-state index contributed by atoms with van der Waals surface area (Å²) in [6.07, 6.45) is 0.654. The first-order valence-electron chi connectivity index (χ1n) is 12.7. The number of amides is 1. The topological polar surface area (TPSA) is 51.8 Å². The molecule has 1 N–H and O–H groups in total. The number of para-hydroxylation sites is 1. The molecule has 1 amide bonds. The predicted octanol–water partition coefficient (Wildman–Crippen LogP) is 4.15. The summed E-state index contributed by atoms with van der Waals surface area (Å²) in [6, 6.07) is 9.32. The summed E-state index contributed by atoms with van der Waals surface area (Å²) in [7, 11) is 3.34. The lowest BCUT2D eigenvalue weighted by molar-refractivity contribution is -0.131. The molecule has 2 aromatic carbocycles. The van der Waals surface area contributed by atoms with Gasteiger partial charge in [0.2, 0.25) is 5.91 Å². The Bertz CT molecular complexity index is 1260. The summed E-state index contributed by atoms with van der Waals surface area (Å²) in [6.45, 7) is 3.86. The van der Waals surface area contributed by atoms with E-state index in [4.69, 9.17) is 4.74 Å². The zero-order chi connectivity index (χ0) is 26.3. The van der Waals surface area contributed by atoms with Crippen LogP contribution in [0.5, 0.6) is 5.75 Å². The van der Waals surface area contributed by atoms with Gasteiger partial charge in [-0.15, -0.1) is 0 Å². The molecule has 2 aliphatic rings. The molecule has 1 aromatic heterocycles. The molecule has 0 radical (unpaired) electrons. The number of nitrogens with zero attached hydrogens (tertiary/aromatic N) is 3. The van der Waals surface area contributed by atoms with E-state index in [2.05, 4.69) is 4.98 Å². The molecule has 6 nitrogen and oxygen atoms in total. The van der Waals surface area contributed by atoms with Gasteiger partial charge in [-0.2, -0.15) is 0 Å². The number of rotatable bonds is 8. The molecule has 37 heavy (non-hydrogen) atoms. The first-order chi connectivity index (χ1) is 17.8. The quantitative estimate of drug-likeness (QED) is 0.491. The minimum atomic E-state index is -0.803. The van der Waals surface area contributed by atoms with Crippen molar-refractivity contribution in [3.05, 3.63) is 64.9 Å². The van der Waals surface area contributed by atoms with E-state index in [-0.39, 0.29) is 49.0 Å². The van der Waals surface area contributed by atoms with Gasteiger partial charge in [0.05, 0.1) is 19.3 Å². The molecule has 9 heteroatoms. The molecule has 3 heterocycles. The van der Waals surface area contributed by atoms with Crippen LogP contribution in [0.25, 0.3) is 10.9 Å². The lowest BCUT2D eigenvalue weighted by Crippen LogP contribution is -2.49. The summed E-state index contributed by atoms with van der Waals surface area (Å²) in [5.74, 6) is -1.40. The smallest absolute Gasteiger partial charge is 0.236 e. The van der Waals surface area contributed by atoms with Gasteiger partial charge in [0.25, 0.3) is 0 Å². The Hall–Kier alpha value is -3.04. The number of hydrogen-bond donors (Lipinski definition) is 1. The Kier molecular flexibility index (Phi) is 7.18. The van der Waals surface area contributed by atoms with Crippen LogP contribution in [0.2, 0.25) is 0 Å². The number of likely N-dealkylation sites (N-methyl/N-ethyl adjacent to an activating group) is 1. The first kappa shape index (κ1) is 25.6. The Morgan fingerprint density at radius 2 is 1.86 bits per heavy atom. The number of halogens is 3. The van der Waals surface area contributed by atoms with E-state index in [1.807, 2.05) is 41.0 Å². The average Bonchev–Trinajstić information content (AvgIpc) is 3.19. The second-order valence-electron chi connectivity index (χ2n) is 10.4.